The number of para-hydroxylation sites is 1. The topological polar surface area (TPSA) is 75.7 Å². The molecule has 0 aromatic heterocycles. The average molecular weight is 384 g/mol. The molecular formula is C20H20N2O4S. The number of hydrogen-bond acceptors (Lipinski definition) is 4. The molecule has 27 heavy (non-hydrogen) atoms. The lowest BCUT2D eigenvalue weighted by molar-refractivity contribution is -0.116. The van der Waals surface area contributed by atoms with Crippen LogP contribution in [-0.4, -0.2) is 32.2 Å². The molecule has 0 bridgehead atoms. The first-order valence-corrected chi connectivity index (χ1v) is 10.2. The maximum Gasteiger partial charge on any atom is 0.250 e. The predicted molar refractivity (Wildman–Crippen MR) is 104 cm³/mol. The Morgan fingerprint density at radius 1 is 1.22 bits per heavy atom. The lowest BCUT2D eigenvalue weighted by atomic mass is 10.2. The molecule has 7 heteroatoms. The average Bonchev–Trinajstić information content (AvgIpc) is 3.37. The number of carbonyl (C=O) groups excluding carboxylic acids is 1. The van der Waals surface area contributed by atoms with Crippen molar-refractivity contribution >= 4 is 27.3 Å². The molecule has 1 heterocycles. The van der Waals surface area contributed by atoms with Gasteiger partial charge in [-0.05, 0) is 42.8 Å². The molecular weight excluding hydrogens is 364 g/mol. The number of rotatable bonds is 6. The minimum Gasteiger partial charge on any atom is -0.490 e. The summed E-state index contributed by atoms with van der Waals surface area (Å²) in [4.78, 5) is 12.9. The van der Waals surface area contributed by atoms with E-state index in [4.69, 9.17) is 4.74 Å². The number of nitrogens with one attached hydrogen (secondary N) is 1. The highest BCUT2D eigenvalue weighted by molar-refractivity contribution is 7.95. The Bertz CT molecular complexity index is 973. The smallest absolute Gasteiger partial charge is 0.250 e. The van der Waals surface area contributed by atoms with Crippen molar-refractivity contribution in [2.45, 2.75) is 11.2 Å². The number of anilines is 2. The standard InChI is InChI=1S/C20H20N2O4S/c1-2-12-26-18-10-8-16(9-11-18)21-19(23)20-13-15(20)14-22(27(20,24)25)17-6-4-3-5-7-17/h2-11,15H,1,12-14H2,(H,21,23)/t15-,20+/m0/s1. The molecule has 2 aromatic carbocycles. The minimum absolute atomic E-state index is 0.182. The molecule has 2 aromatic rings. The Morgan fingerprint density at radius 2 is 1.93 bits per heavy atom. The van der Waals surface area contributed by atoms with Crippen LogP contribution in [0.4, 0.5) is 11.4 Å². The van der Waals surface area contributed by atoms with Crippen LogP contribution >= 0.6 is 0 Å². The molecule has 2 aliphatic rings. The monoisotopic (exact) mass is 384 g/mol. The van der Waals surface area contributed by atoms with Gasteiger partial charge in [0.25, 0.3) is 0 Å². The summed E-state index contributed by atoms with van der Waals surface area (Å²) in [6, 6.07) is 15.7. The van der Waals surface area contributed by atoms with E-state index in [0.29, 0.717) is 36.7 Å². The molecule has 0 unspecified atom stereocenters. The Balaban J connectivity index is 1.52. The van der Waals surface area contributed by atoms with Crippen LogP contribution < -0.4 is 14.4 Å². The quantitative estimate of drug-likeness (QED) is 0.777. The first-order chi connectivity index (χ1) is 13.0. The van der Waals surface area contributed by atoms with Gasteiger partial charge < -0.3 is 10.1 Å². The van der Waals surface area contributed by atoms with Crippen LogP contribution in [0, 0.1) is 5.92 Å². The Kier molecular flexibility index (Phi) is 4.19. The van der Waals surface area contributed by atoms with Gasteiger partial charge in [-0.15, -0.1) is 0 Å². The lowest BCUT2D eigenvalue weighted by Gasteiger charge is -2.22. The van der Waals surface area contributed by atoms with Crippen LogP contribution in [0.3, 0.4) is 0 Å². The summed E-state index contributed by atoms with van der Waals surface area (Å²) in [6.45, 7) is 4.32. The maximum absolute atomic E-state index is 13.1. The highest BCUT2D eigenvalue weighted by atomic mass is 32.2. The molecule has 1 N–H and O–H groups in total. The van der Waals surface area contributed by atoms with E-state index >= 15 is 0 Å². The van der Waals surface area contributed by atoms with Crippen molar-refractivity contribution in [3.8, 4) is 5.75 Å². The van der Waals surface area contributed by atoms with Gasteiger partial charge in [0.1, 0.15) is 12.4 Å². The van der Waals surface area contributed by atoms with E-state index in [1.165, 1.54) is 4.31 Å². The molecule has 1 saturated heterocycles. The molecule has 140 valence electrons. The summed E-state index contributed by atoms with van der Waals surface area (Å²) in [6.07, 6.45) is 2.01. The van der Waals surface area contributed by atoms with Gasteiger partial charge >= 0.3 is 0 Å². The minimum atomic E-state index is -3.76. The zero-order chi connectivity index (χ0) is 19.1. The molecule has 0 radical (unpaired) electrons. The third-order valence-electron chi connectivity index (χ3n) is 5.09. The van der Waals surface area contributed by atoms with Gasteiger partial charge in [0.05, 0.1) is 5.69 Å². The van der Waals surface area contributed by atoms with Gasteiger partial charge in [0.2, 0.25) is 15.9 Å². The van der Waals surface area contributed by atoms with Crippen LogP contribution in [0.2, 0.25) is 0 Å². The highest BCUT2D eigenvalue weighted by Gasteiger charge is 2.75. The molecule has 6 nitrogen and oxygen atoms in total. The molecule has 4 rings (SSSR count). The number of amides is 1. The van der Waals surface area contributed by atoms with E-state index in [1.54, 1.807) is 54.6 Å². The summed E-state index contributed by atoms with van der Waals surface area (Å²) < 4.78 is 31.6. The van der Waals surface area contributed by atoms with Crippen LogP contribution in [0.5, 0.6) is 5.75 Å². The fraction of sp³-hybridized carbons (Fsp3) is 0.250. The van der Waals surface area contributed by atoms with Crippen molar-refractivity contribution in [2.75, 3.05) is 22.8 Å². The Hall–Kier alpha value is -2.80. The number of nitrogens with zero attached hydrogens (tertiary/aromatic N) is 1. The number of hydrogen-bond donors (Lipinski definition) is 1. The van der Waals surface area contributed by atoms with E-state index in [9.17, 15) is 13.2 Å². The van der Waals surface area contributed by atoms with E-state index < -0.39 is 20.7 Å². The van der Waals surface area contributed by atoms with Crippen LogP contribution in [0.25, 0.3) is 0 Å². The van der Waals surface area contributed by atoms with Gasteiger partial charge in [-0.25, -0.2) is 8.42 Å². The third kappa shape index (κ3) is 2.78. The molecule has 2 fully saturated rings. The Morgan fingerprint density at radius 3 is 2.59 bits per heavy atom. The van der Waals surface area contributed by atoms with Gasteiger partial charge in [0.15, 0.2) is 4.75 Å². The van der Waals surface area contributed by atoms with Crippen LogP contribution in [0.15, 0.2) is 67.3 Å². The summed E-state index contributed by atoms with van der Waals surface area (Å²) in [5.41, 5.74) is 1.14. The first-order valence-electron chi connectivity index (χ1n) is 8.71. The fourth-order valence-corrected chi connectivity index (χ4v) is 5.95. The number of sulfonamides is 1. The van der Waals surface area contributed by atoms with Gasteiger partial charge in [-0.2, -0.15) is 0 Å². The second kappa shape index (κ2) is 6.42. The summed E-state index contributed by atoms with van der Waals surface area (Å²) in [7, 11) is -3.76. The van der Waals surface area contributed by atoms with E-state index in [1.807, 2.05) is 6.07 Å². The zero-order valence-electron chi connectivity index (χ0n) is 14.7. The van der Waals surface area contributed by atoms with Gasteiger partial charge in [-0.3, -0.25) is 9.10 Å². The largest absolute Gasteiger partial charge is 0.490 e. The molecule has 1 aliphatic heterocycles. The highest BCUT2D eigenvalue weighted by Crippen LogP contribution is 2.58. The van der Waals surface area contributed by atoms with Gasteiger partial charge in [0, 0.05) is 18.2 Å². The summed E-state index contributed by atoms with van der Waals surface area (Å²) in [5, 5.41) is 2.76. The molecule has 2 atom stereocenters. The van der Waals surface area contributed by atoms with Gasteiger partial charge in [-0.1, -0.05) is 30.9 Å². The van der Waals surface area contributed by atoms with Crippen molar-refractivity contribution in [1.29, 1.82) is 0 Å². The Labute approximate surface area is 158 Å². The van der Waals surface area contributed by atoms with E-state index in [-0.39, 0.29) is 5.92 Å². The number of carbonyl (C=O) groups is 1. The van der Waals surface area contributed by atoms with E-state index in [2.05, 4.69) is 11.9 Å². The maximum atomic E-state index is 13.1. The second-order valence-corrected chi connectivity index (χ2v) is 8.86. The molecule has 1 saturated carbocycles. The molecule has 1 aliphatic carbocycles. The summed E-state index contributed by atoms with van der Waals surface area (Å²) in [5.74, 6) is 0.00250. The third-order valence-corrected chi connectivity index (χ3v) is 7.64. The first kappa shape index (κ1) is 17.6. The predicted octanol–water partition coefficient (Wildman–Crippen LogP) is 2.80. The van der Waals surface area contributed by atoms with Crippen molar-refractivity contribution in [3.63, 3.8) is 0 Å². The second-order valence-electron chi connectivity index (χ2n) is 6.74. The van der Waals surface area contributed by atoms with Crippen molar-refractivity contribution in [1.82, 2.24) is 0 Å². The number of fused-ring (bicyclic) bond motifs is 1. The molecule has 0 spiro atoms. The van der Waals surface area contributed by atoms with Crippen LogP contribution in [-0.2, 0) is 14.8 Å². The molecule has 1 amide bonds. The van der Waals surface area contributed by atoms with Crippen molar-refractivity contribution in [3.05, 3.63) is 67.3 Å². The zero-order valence-corrected chi connectivity index (χ0v) is 15.5. The summed E-state index contributed by atoms with van der Waals surface area (Å²) >= 11 is 0. The van der Waals surface area contributed by atoms with Crippen LogP contribution in [0.1, 0.15) is 6.42 Å². The number of ether oxygens (including phenoxy) is 1. The van der Waals surface area contributed by atoms with E-state index in [0.717, 1.165) is 0 Å². The normalized spacial score (nSPS) is 24.7. The lowest BCUT2D eigenvalue weighted by Crippen LogP contribution is -2.42. The number of benzene rings is 2. The fourth-order valence-electron chi connectivity index (χ4n) is 3.59. The van der Waals surface area contributed by atoms with Crippen molar-refractivity contribution in [2.24, 2.45) is 5.92 Å². The van der Waals surface area contributed by atoms with Crippen molar-refractivity contribution < 1.29 is 17.9 Å². The SMILES string of the molecule is C=CCOc1ccc(NC(=O)[C@@]23C[C@H]2CN(c2ccccc2)S3(=O)=O)cc1.